The summed E-state index contributed by atoms with van der Waals surface area (Å²) >= 11 is 5.24. The maximum atomic E-state index is 5.29. The molecule has 2 rings (SSSR count). The van der Waals surface area contributed by atoms with E-state index in [2.05, 4.69) is 39.3 Å². The van der Waals surface area contributed by atoms with E-state index in [9.17, 15) is 0 Å². The number of rotatable bonds is 5. The number of ether oxygens (including phenoxy) is 1. The highest BCUT2D eigenvalue weighted by atomic mass is 32.1. The van der Waals surface area contributed by atoms with E-state index >= 15 is 0 Å². The number of aromatic nitrogens is 2. The highest BCUT2D eigenvalue weighted by Crippen LogP contribution is 2.24. The molecule has 1 aromatic heterocycles. The van der Waals surface area contributed by atoms with Crippen molar-refractivity contribution < 1.29 is 4.74 Å². The first-order chi connectivity index (χ1) is 10.6. The normalized spacial score (nSPS) is 18.0. The van der Waals surface area contributed by atoms with Gasteiger partial charge in [-0.25, -0.2) is 0 Å². The van der Waals surface area contributed by atoms with Gasteiger partial charge in [0.15, 0.2) is 5.11 Å². The van der Waals surface area contributed by atoms with Crippen LogP contribution in [0.4, 0.5) is 11.8 Å². The Morgan fingerprint density at radius 1 is 1.50 bits per heavy atom. The molecule has 1 saturated heterocycles. The van der Waals surface area contributed by atoms with E-state index in [1.54, 1.807) is 7.11 Å². The number of anilines is 2. The number of hydrogen-bond acceptors (Lipinski definition) is 5. The molecule has 22 heavy (non-hydrogen) atoms. The fourth-order valence-corrected chi connectivity index (χ4v) is 2.71. The molecule has 0 bridgehead atoms. The minimum atomic E-state index is 0.473. The van der Waals surface area contributed by atoms with Crippen LogP contribution in [0.5, 0.6) is 5.88 Å². The van der Waals surface area contributed by atoms with Crippen LogP contribution >= 0.6 is 12.2 Å². The lowest BCUT2D eigenvalue weighted by atomic mass is 10.0. The smallest absolute Gasteiger partial charge is 0.234 e. The Kier molecular flexibility index (Phi) is 6.18. The highest BCUT2D eigenvalue weighted by Gasteiger charge is 2.19. The molecule has 0 radical (unpaired) electrons. The second-order valence-electron chi connectivity index (χ2n) is 5.67. The van der Waals surface area contributed by atoms with Crippen molar-refractivity contribution in [2.75, 3.05) is 37.0 Å². The van der Waals surface area contributed by atoms with Crippen molar-refractivity contribution >= 4 is 29.1 Å². The monoisotopic (exact) mass is 323 g/mol. The first kappa shape index (κ1) is 16.7. The standard InChI is InChI=1S/C15H25N5OS/c1-4-7-16-15(22)19-14-17-12(9-13(18-14)21-3)20-8-5-6-11(2)10-20/h9,11H,4-8,10H2,1-3H3,(H2,16,17,18,19,22)/t11-/m1/s1. The first-order valence-electron chi connectivity index (χ1n) is 7.85. The predicted octanol–water partition coefficient (Wildman–Crippen LogP) is 2.42. The average Bonchev–Trinajstić information content (AvgIpc) is 2.52. The van der Waals surface area contributed by atoms with Crippen molar-refractivity contribution in [2.45, 2.75) is 33.1 Å². The van der Waals surface area contributed by atoms with Crippen molar-refractivity contribution in [1.29, 1.82) is 0 Å². The first-order valence-corrected chi connectivity index (χ1v) is 8.26. The predicted molar refractivity (Wildman–Crippen MR) is 93.7 cm³/mol. The van der Waals surface area contributed by atoms with Crippen LogP contribution in [-0.4, -0.2) is 41.8 Å². The van der Waals surface area contributed by atoms with Gasteiger partial charge in [0.2, 0.25) is 11.8 Å². The second-order valence-corrected chi connectivity index (χ2v) is 6.07. The maximum absolute atomic E-state index is 5.29. The summed E-state index contributed by atoms with van der Waals surface area (Å²) in [6.07, 6.45) is 3.47. The van der Waals surface area contributed by atoms with Crippen LogP contribution in [0.1, 0.15) is 33.1 Å². The molecular formula is C15H25N5OS. The summed E-state index contributed by atoms with van der Waals surface area (Å²) in [6, 6.07) is 1.88. The van der Waals surface area contributed by atoms with E-state index in [1.807, 2.05) is 6.07 Å². The maximum Gasteiger partial charge on any atom is 0.234 e. The zero-order valence-electron chi connectivity index (χ0n) is 13.6. The zero-order chi connectivity index (χ0) is 15.9. The Morgan fingerprint density at radius 2 is 2.32 bits per heavy atom. The molecular weight excluding hydrogens is 298 g/mol. The molecule has 1 aromatic rings. The van der Waals surface area contributed by atoms with Gasteiger partial charge in [-0.15, -0.1) is 0 Å². The molecule has 1 aliphatic rings. The highest BCUT2D eigenvalue weighted by molar-refractivity contribution is 7.80. The van der Waals surface area contributed by atoms with Gasteiger partial charge >= 0.3 is 0 Å². The Hall–Kier alpha value is -1.63. The average molecular weight is 323 g/mol. The lowest BCUT2D eigenvalue weighted by Gasteiger charge is -2.32. The summed E-state index contributed by atoms with van der Waals surface area (Å²) < 4.78 is 5.29. The Balaban J connectivity index is 2.13. The molecule has 122 valence electrons. The summed E-state index contributed by atoms with van der Waals surface area (Å²) in [6.45, 7) is 7.22. The van der Waals surface area contributed by atoms with Crippen molar-refractivity contribution in [3.05, 3.63) is 6.07 Å². The third kappa shape index (κ3) is 4.69. The molecule has 1 atom stereocenters. The van der Waals surface area contributed by atoms with Gasteiger partial charge < -0.3 is 20.3 Å². The Bertz CT molecular complexity index is 511. The van der Waals surface area contributed by atoms with Gasteiger partial charge in [-0.3, -0.25) is 0 Å². The van der Waals surface area contributed by atoms with Crippen LogP contribution in [-0.2, 0) is 0 Å². The Morgan fingerprint density at radius 3 is 3.00 bits per heavy atom. The Labute approximate surface area is 137 Å². The summed E-state index contributed by atoms with van der Waals surface area (Å²) in [4.78, 5) is 11.2. The fourth-order valence-electron chi connectivity index (χ4n) is 2.52. The molecule has 0 unspecified atom stereocenters. The van der Waals surface area contributed by atoms with Crippen LogP contribution < -0.4 is 20.3 Å². The summed E-state index contributed by atoms with van der Waals surface area (Å²) in [5.74, 6) is 2.59. The molecule has 0 aromatic carbocycles. The van der Waals surface area contributed by atoms with E-state index in [0.29, 0.717) is 22.9 Å². The van der Waals surface area contributed by atoms with Gasteiger partial charge in [-0.1, -0.05) is 13.8 Å². The van der Waals surface area contributed by atoms with Crippen LogP contribution in [0.15, 0.2) is 6.07 Å². The minimum absolute atomic E-state index is 0.473. The van der Waals surface area contributed by atoms with Gasteiger partial charge in [-0.2, -0.15) is 9.97 Å². The number of nitrogens with one attached hydrogen (secondary N) is 2. The zero-order valence-corrected chi connectivity index (χ0v) is 14.4. The van der Waals surface area contributed by atoms with E-state index in [4.69, 9.17) is 17.0 Å². The largest absolute Gasteiger partial charge is 0.481 e. The van der Waals surface area contributed by atoms with Crippen LogP contribution in [0.2, 0.25) is 0 Å². The molecule has 6 nitrogen and oxygen atoms in total. The van der Waals surface area contributed by atoms with Crippen LogP contribution in [0, 0.1) is 5.92 Å². The molecule has 2 heterocycles. The number of methoxy groups -OCH3 is 1. The summed E-state index contributed by atoms with van der Waals surface area (Å²) in [5, 5.41) is 6.68. The molecule has 0 spiro atoms. The number of piperidine rings is 1. The third-order valence-corrected chi connectivity index (χ3v) is 3.89. The summed E-state index contributed by atoms with van der Waals surface area (Å²) in [5.41, 5.74) is 0. The SMILES string of the molecule is CCCNC(=S)Nc1nc(OC)cc(N2CCC[C@@H](C)C2)n1. The molecule has 0 amide bonds. The molecule has 7 heteroatoms. The van der Waals surface area contributed by atoms with E-state index < -0.39 is 0 Å². The topological polar surface area (TPSA) is 62.3 Å². The summed E-state index contributed by atoms with van der Waals surface area (Å²) in [7, 11) is 1.61. The van der Waals surface area contributed by atoms with Gasteiger partial charge in [0.05, 0.1) is 7.11 Å². The lowest BCUT2D eigenvalue weighted by Crippen LogP contribution is -2.35. The van der Waals surface area contributed by atoms with Gasteiger partial charge in [0.25, 0.3) is 0 Å². The van der Waals surface area contributed by atoms with E-state index in [-0.39, 0.29) is 0 Å². The molecule has 1 aliphatic heterocycles. The molecule has 0 saturated carbocycles. The van der Waals surface area contributed by atoms with Gasteiger partial charge in [0.1, 0.15) is 5.82 Å². The number of nitrogens with zero attached hydrogens (tertiary/aromatic N) is 3. The van der Waals surface area contributed by atoms with Gasteiger partial charge in [-0.05, 0) is 37.4 Å². The quantitative estimate of drug-likeness (QED) is 0.807. The third-order valence-electron chi connectivity index (χ3n) is 3.64. The number of thiocarbonyl (C=S) groups is 1. The van der Waals surface area contributed by atoms with E-state index in [0.717, 1.165) is 31.9 Å². The molecule has 0 aliphatic carbocycles. The lowest BCUT2D eigenvalue weighted by molar-refractivity contribution is 0.396. The fraction of sp³-hybridized carbons (Fsp3) is 0.667. The van der Waals surface area contributed by atoms with Crippen molar-refractivity contribution in [1.82, 2.24) is 15.3 Å². The molecule has 1 fully saturated rings. The minimum Gasteiger partial charge on any atom is -0.481 e. The number of hydrogen-bond donors (Lipinski definition) is 2. The molecule has 2 N–H and O–H groups in total. The van der Waals surface area contributed by atoms with Gasteiger partial charge in [0, 0.05) is 25.7 Å². The second kappa shape index (κ2) is 8.12. The van der Waals surface area contributed by atoms with Crippen molar-refractivity contribution in [3.63, 3.8) is 0 Å². The van der Waals surface area contributed by atoms with E-state index in [1.165, 1.54) is 12.8 Å². The van der Waals surface area contributed by atoms with Crippen LogP contribution in [0.25, 0.3) is 0 Å². The van der Waals surface area contributed by atoms with Crippen molar-refractivity contribution in [2.24, 2.45) is 5.92 Å². The van der Waals surface area contributed by atoms with Crippen LogP contribution in [0.3, 0.4) is 0 Å². The van der Waals surface area contributed by atoms with Crippen molar-refractivity contribution in [3.8, 4) is 5.88 Å².